The molecule has 1 aliphatic heterocycles. The molecule has 1 unspecified atom stereocenters. The Hall–Kier alpha value is -1.83. The number of halogens is 1. The zero-order valence-electron chi connectivity index (χ0n) is 17.8. The van der Waals surface area contributed by atoms with Gasteiger partial charge in [0.15, 0.2) is 5.96 Å². The third-order valence-corrected chi connectivity index (χ3v) is 6.35. The predicted molar refractivity (Wildman–Crippen MR) is 134 cm³/mol. The van der Waals surface area contributed by atoms with Gasteiger partial charge in [-0.3, -0.25) is 9.79 Å². The number of nitrogens with zero attached hydrogens (tertiary/aromatic N) is 2. The second-order valence-electron chi connectivity index (χ2n) is 8.31. The van der Waals surface area contributed by atoms with Crippen molar-refractivity contribution in [2.24, 2.45) is 10.9 Å². The first-order valence-corrected chi connectivity index (χ1v) is 11.0. The quantitative estimate of drug-likeness (QED) is 0.359. The molecular formula is C24H33IN4O. The van der Waals surface area contributed by atoms with Gasteiger partial charge in [0.1, 0.15) is 0 Å². The van der Waals surface area contributed by atoms with Crippen LogP contribution in [0.4, 0.5) is 0 Å². The molecule has 1 saturated heterocycles. The van der Waals surface area contributed by atoms with Crippen LogP contribution in [-0.4, -0.2) is 42.9 Å². The maximum absolute atomic E-state index is 12.8. The zero-order valence-corrected chi connectivity index (χ0v) is 20.1. The predicted octanol–water partition coefficient (Wildman–Crippen LogP) is 4.30. The molecule has 0 spiro atoms. The number of likely N-dealkylation sites (tertiary alicyclic amines) is 1. The van der Waals surface area contributed by atoms with E-state index in [1.807, 2.05) is 0 Å². The number of benzene rings is 2. The number of nitrogens with one attached hydrogen (secondary N) is 2. The van der Waals surface area contributed by atoms with Gasteiger partial charge < -0.3 is 15.5 Å². The largest absolute Gasteiger partial charge is 0.352 e. The first-order valence-electron chi connectivity index (χ1n) is 11.0. The molecule has 1 heterocycles. The van der Waals surface area contributed by atoms with Crippen LogP contribution in [0.5, 0.6) is 0 Å². The molecule has 162 valence electrons. The van der Waals surface area contributed by atoms with Crippen molar-refractivity contribution in [2.75, 3.05) is 20.1 Å². The van der Waals surface area contributed by atoms with E-state index in [4.69, 9.17) is 0 Å². The van der Waals surface area contributed by atoms with Crippen LogP contribution in [0.25, 0.3) is 10.8 Å². The summed E-state index contributed by atoms with van der Waals surface area (Å²) in [6, 6.07) is 15.1. The summed E-state index contributed by atoms with van der Waals surface area (Å²) in [5, 5.41) is 9.48. The van der Waals surface area contributed by atoms with Gasteiger partial charge in [-0.1, -0.05) is 61.7 Å². The Balaban J connectivity index is 0.00000256. The van der Waals surface area contributed by atoms with E-state index in [-0.39, 0.29) is 35.9 Å². The number of carbonyl (C=O) groups is 1. The number of fused-ring (bicyclic) bond motifs is 1. The molecular weight excluding hydrogens is 487 g/mol. The molecule has 0 bridgehead atoms. The molecule has 30 heavy (non-hydrogen) atoms. The monoisotopic (exact) mass is 520 g/mol. The second-order valence-corrected chi connectivity index (χ2v) is 8.31. The molecule has 4 rings (SSSR count). The minimum atomic E-state index is 0. The fraction of sp³-hybridized carbons (Fsp3) is 0.500. The highest BCUT2D eigenvalue weighted by Gasteiger charge is 2.31. The molecule has 2 fully saturated rings. The SMILES string of the molecule is CN=C(NCc1cccc2ccccc12)NC1CCN(C(=O)C2CCCCC2)C1.I. The van der Waals surface area contributed by atoms with Crippen molar-refractivity contribution in [3.8, 4) is 0 Å². The summed E-state index contributed by atoms with van der Waals surface area (Å²) in [5.74, 6) is 1.42. The van der Waals surface area contributed by atoms with Crippen LogP contribution in [0.3, 0.4) is 0 Å². The van der Waals surface area contributed by atoms with E-state index in [2.05, 4.69) is 63.0 Å². The molecule has 6 heteroatoms. The van der Waals surface area contributed by atoms with E-state index in [1.54, 1.807) is 7.05 Å². The van der Waals surface area contributed by atoms with E-state index in [1.165, 1.54) is 35.6 Å². The van der Waals surface area contributed by atoms with E-state index in [0.717, 1.165) is 44.9 Å². The van der Waals surface area contributed by atoms with Crippen molar-refractivity contribution < 1.29 is 4.79 Å². The topological polar surface area (TPSA) is 56.7 Å². The van der Waals surface area contributed by atoms with Gasteiger partial charge in [-0.05, 0) is 35.6 Å². The summed E-state index contributed by atoms with van der Waals surface area (Å²) < 4.78 is 0. The van der Waals surface area contributed by atoms with Crippen LogP contribution >= 0.6 is 24.0 Å². The Morgan fingerprint density at radius 3 is 2.63 bits per heavy atom. The fourth-order valence-electron chi connectivity index (χ4n) is 4.70. The molecule has 1 atom stereocenters. The average Bonchev–Trinajstić information content (AvgIpc) is 3.25. The van der Waals surface area contributed by atoms with Gasteiger partial charge in [0.05, 0.1) is 0 Å². The number of amides is 1. The molecule has 0 aromatic heterocycles. The lowest BCUT2D eigenvalue weighted by Crippen LogP contribution is -2.45. The normalized spacial score (nSPS) is 20.1. The van der Waals surface area contributed by atoms with Crippen LogP contribution in [0.15, 0.2) is 47.5 Å². The summed E-state index contributed by atoms with van der Waals surface area (Å²) in [7, 11) is 1.80. The van der Waals surface area contributed by atoms with Crippen molar-refractivity contribution >= 4 is 46.6 Å². The first kappa shape index (κ1) is 22.8. The van der Waals surface area contributed by atoms with Crippen molar-refractivity contribution in [3.05, 3.63) is 48.0 Å². The van der Waals surface area contributed by atoms with Crippen LogP contribution in [-0.2, 0) is 11.3 Å². The van der Waals surface area contributed by atoms with E-state index >= 15 is 0 Å². The summed E-state index contributed by atoms with van der Waals surface area (Å²) in [5.41, 5.74) is 1.26. The van der Waals surface area contributed by atoms with Gasteiger partial charge in [0, 0.05) is 38.6 Å². The van der Waals surface area contributed by atoms with Gasteiger partial charge in [0.2, 0.25) is 5.91 Å². The highest BCUT2D eigenvalue weighted by molar-refractivity contribution is 14.0. The summed E-state index contributed by atoms with van der Waals surface area (Å²) >= 11 is 0. The minimum absolute atomic E-state index is 0. The maximum Gasteiger partial charge on any atom is 0.225 e. The van der Waals surface area contributed by atoms with Crippen molar-refractivity contribution in [1.82, 2.24) is 15.5 Å². The van der Waals surface area contributed by atoms with Crippen molar-refractivity contribution in [3.63, 3.8) is 0 Å². The highest BCUT2D eigenvalue weighted by Crippen LogP contribution is 2.26. The molecule has 1 saturated carbocycles. The van der Waals surface area contributed by atoms with E-state index in [9.17, 15) is 4.79 Å². The van der Waals surface area contributed by atoms with Gasteiger partial charge in [-0.15, -0.1) is 24.0 Å². The lowest BCUT2D eigenvalue weighted by atomic mass is 9.88. The van der Waals surface area contributed by atoms with Gasteiger partial charge in [0.25, 0.3) is 0 Å². The van der Waals surface area contributed by atoms with Crippen molar-refractivity contribution in [1.29, 1.82) is 0 Å². The summed E-state index contributed by atoms with van der Waals surface area (Å²) in [6.45, 7) is 2.36. The molecule has 1 aliphatic carbocycles. The summed E-state index contributed by atoms with van der Waals surface area (Å²) in [4.78, 5) is 19.2. The average molecular weight is 520 g/mol. The third-order valence-electron chi connectivity index (χ3n) is 6.35. The standard InChI is InChI=1S/C24H32N4O.HI/c1-25-24(26-16-20-12-7-11-18-8-5-6-13-22(18)20)27-21-14-15-28(17-21)23(29)19-9-3-2-4-10-19;/h5-8,11-13,19,21H,2-4,9-10,14-17H2,1H3,(H2,25,26,27);1H. The Morgan fingerprint density at radius 1 is 1.07 bits per heavy atom. The van der Waals surface area contributed by atoms with Crippen LogP contribution in [0.2, 0.25) is 0 Å². The van der Waals surface area contributed by atoms with E-state index in [0.29, 0.717) is 5.91 Å². The van der Waals surface area contributed by atoms with Gasteiger partial charge in [-0.25, -0.2) is 0 Å². The number of hydrogen-bond acceptors (Lipinski definition) is 2. The van der Waals surface area contributed by atoms with Gasteiger partial charge in [-0.2, -0.15) is 0 Å². The molecule has 2 aromatic rings. The Labute approximate surface area is 196 Å². The van der Waals surface area contributed by atoms with Crippen LogP contribution in [0.1, 0.15) is 44.1 Å². The second kappa shape index (κ2) is 11.0. The highest BCUT2D eigenvalue weighted by atomic mass is 127. The fourth-order valence-corrected chi connectivity index (χ4v) is 4.70. The molecule has 0 radical (unpaired) electrons. The molecule has 2 aliphatic rings. The van der Waals surface area contributed by atoms with Crippen LogP contribution in [0, 0.1) is 5.92 Å². The lowest BCUT2D eigenvalue weighted by Gasteiger charge is -2.26. The Kier molecular flexibility index (Phi) is 8.36. The number of aliphatic imine (C=N–C) groups is 1. The number of carbonyl (C=O) groups excluding carboxylic acids is 1. The summed E-state index contributed by atoms with van der Waals surface area (Å²) in [6.07, 6.45) is 6.82. The molecule has 1 amide bonds. The van der Waals surface area contributed by atoms with E-state index < -0.39 is 0 Å². The zero-order chi connectivity index (χ0) is 20.1. The first-order chi connectivity index (χ1) is 14.2. The molecule has 5 nitrogen and oxygen atoms in total. The smallest absolute Gasteiger partial charge is 0.225 e. The number of rotatable bonds is 4. The number of hydrogen-bond donors (Lipinski definition) is 2. The van der Waals surface area contributed by atoms with Crippen molar-refractivity contribution in [2.45, 2.75) is 51.1 Å². The minimum Gasteiger partial charge on any atom is -0.352 e. The Morgan fingerprint density at radius 2 is 1.83 bits per heavy atom. The maximum atomic E-state index is 12.8. The Bertz CT molecular complexity index is 873. The van der Waals surface area contributed by atoms with Gasteiger partial charge >= 0.3 is 0 Å². The number of guanidine groups is 1. The van der Waals surface area contributed by atoms with Crippen LogP contribution < -0.4 is 10.6 Å². The molecule has 2 N–H and O–H groups in total. The third kappa shape index (κ3) is 5.45. The molecule has 2 aromatic carbocycles. The lowest BCUT2D eigenvalue weighted by molar-refractivity contribution is -0.135.